The minimum atomic E-state index is 0.00745. The first-order chi connectivity index (χ1) is 12.1. The van der Waals surface area contributed by atoms with Crippen molar-refractivity contribution in [3.05, 3.63) is 28.8 Å². The van der Waals surface area contributed by atoms with Crippen molar-refractivity contribution in [3.63, 3.8) is 0 Å². The second-order valence-corrected chi connectivity index (χ2v) is 7.96. The molecule has 4 atom stereocenters. The molecule has 3 aliphatic rings. The number of hydrogen-bond acceptors (Lipinski definition) is 4. The van der Waals surface area contributed by atoms with Crippen LogP contribution in [0.2, 0.25) is 5.02 Å². The highest BCUT2D eigenvalue weighted by molar-refractivity contribution is 6.30. The summed E-state index contributed by atoms with van der Waals surface area (Å²) in [6.45, 7) is 3.68. The number of nitrogens with zero attached hydrogens (tertiary/aromatic N) is 3. The molecule has 25 heavy (non-hydrogen) atoms. The number of carbonyl (C=O) groups is 1. The normalized spacial score (nSPS) is 30.6. The Balaban J connectivity index is 1.38. The number of nitriles is 1. The quantitative estimate of drug-likeness (QED) is 0.844. The highest BCUT2D eigenvalue weighted by Crippen LogP contribution is 2.37. The summed E-state index contributed by atoms with van der Waals surface area (Å²) in [6.07, 6.45) is 6.17. The number of hydrogen-bond donors (Lipinski definition) is 1. The molecule has 3 saturated heterocycles. The van der Waals surface area contributed by atoms with Crippen LogP contribution in [-0.2, 0) is 4.79 Å². The number of anilines is 1. The number of amides is 1. The van der Waals surface area contributed by atoms with Crippen molar-refractivity contribution in [1.82, 2.24) is 10.2 Å². The van der Waals surface area contributed by atoms with Crippen LogP contribution in [0.15, 0.2) is 18.2 Å². The Labute approximate surface area is 153 Å². The number of aryl methyl sites for hydroxylation is 1. The maximum Gasteiger partial charge on any atom is 0.225 e. The lowest BCUT2D eigenvalue weighted by molar-refractivity contribution is -0.125. The van der Waals surface area contributed by atoms with Crippen LogP contribution in [0.1, 0.15) is 31.2 Å². The molecule has 0 spiro atoms. The Morgan fingerprint density at radius 1 is 1.36 bits per heavy atom. The van der Waals surface area contributed by atoms with Crippen LogP contribution >= 0.6 is 11.6 Å². The van der Waals surface area contributed by atoms with Gasteiger partial charge >= 0.3 is 0 Å². The molecule has 0 aliphatic carbocycles. The van der Waals surface area contributed by atoms with Gasteiger partial charge in [-0.1, -0.05) is 17.7 Å². The smallest absolute Gasteiger partial charge is 0.225 e. The summed E-state index contributed by atoms with van der Waals surface area (Å²) in [5.74, 6) is 0.144. The predicted octanol–water partition coefficient (Wildman–Crippen LogP) is 2.68. The predicted molar refractivity (Wildman–Crippen MR) is 97.3 cm³/mol. The second kappa shape index (κ2) is 6.42. The third kappa shape index (κ3) is 2.93. The van der Waals surface area contributed by atoms with Crippen molar-refractivity contribution < 1.29 is 4.79 Å². The summed E-state index contributed by atoms with van der Waals surface area (Å²) in [7, 11) is 0. The summed E-state index contributed by atoms with van der Waals surface area (Å²) < 4.78 is 0. The van der Waals surface area contributed by atoms with Crippen molar-refractivity contribution >= 4 is 23.2 Å². The summed E-state index contributed by atoms with van der Waals surface area (Å²) >= 11 is 6.13. The van der Waals surface area contributed by atoms with Crippen LogP contribution in [-0.4, -0.2) is 42.0 Å². The standard InChI is InChI=1S/C19H23ClN4O/c1-12-2-3-14(20)8-18(12)23-7-6-13(10-23)19(25)22-16-9-15-4-5-17(16)24(15)11-21/h2-3,8,13,15-17H,4-7,9-10H2,1H3,(H,22,25)/t13-,15-,16+,17+/m0/s1. The van der Waals surface area contributed by atoms with E-state index in [0.717, 1.165) is 49.5 Å². The maximum atomic E-state index is 12.7. The molecule has 0 radical (unpaired) electrons. The number of fused-ring (bicyclic) bond motifs is 2. The zero-order chi connectivity index (χ0) is 17.6. The molecule has 1 aromatic carbocycles. The van der Waals surface area contributed by atoms with Gasteiger partial charge in [-0.2, -0.15) is 5.26 Å². The Bertz CT molecular complexity index is 731. The third-order valence-corrected chi connectivity index (χ3v) is 6.29. The lowest BCUT2D eigenvalue weighted by atomic mass is 9.95. The lowest BCUT2D eigenvalue weighted by Gasteiger charge is -2.24. The van der Waals surface area contributed by atoms with E-state index in [4.69, 9.17) is 11.6 Å². The molecule has 132 valence electrons. The van der Waals surface area contributed by atoms with Gasteiger partial charge in [-0.25, -0.2) is 0 Å². The summed E-state index contributed by atoms with van der Waals surface area (Å²) in [5, 5.41) is 13.2. The molecule has 0 saturated carbocycles. The van der Waals surface area contributed by atoms with E-state index in [-0.39, 0.29) is 23.9 Å². The van der Waals surface area contributed by atoms with E-state index < -0.39 is 0 Å². The van der Waals surface area contributed by atoms with E-state index in [1.54, 1.807) is 0 Å². The van der Waals surface area contributed by atoms with E-state index >= 15 is 0 Å². The number of carbonyl (C=O) groups excluding carboxylic acids is 1. The molecule has 3 heterocycles. The number of rotatable bonds is 3. The minimum absolute atomic E-state index is 0.00745. The molecule has 0 unspecified atom stereocenters. The fourth-order valence-corrected chi connectivity index (χ4v) is 4.88. The minimum Gasteiger partial charge on any atom is -0.370 e. The van der Waals surface area contributed by atoms with Gasteiger partial charge in [0.15, 0.2) is 6.19 Å². The number of halogens is 1. The van der Waals surface area contributed by atoms with Crippen LogP contribution < -0.4 is 10.2 Å². The highest BCUT2D eigenvalue weighted by Gasteiger charge is 2.47. The summed E-state index contributed by atoms with van der Waals surface area (Å²) in [4.78, 5) is 16.9. The Morgan fingerprint density at radius 2 is 2.20 bits per heavy atom. The number of benzene rings is 1. The fraction of sp³-hybridized carbons (Fsp3) is 0.579. The van der Waals surface area contributed by atoms with Gasteiger partial charge in [-0.3, -0.25) is 4.79 Å². The third-order valence-electron chi connectivity index (χ3n) is 6.05. The highest BCUT2D eigenvalue weighted by atomic mass is 35.5. The zero-order valence-corrected chi connectivity index (χ0v) is 15.2. The van der Waals surface area contributed by atoms with Crippen LogP contribution in [0, 0.1) is 24.3 Å². The first-order valence-electron chi connectivity index (χ1n) is 9.06. The van der Waals surface area contributed by atoms with Crippen LogP contribution in [0.4, 0.5) is 5.69 Å². The molecule has 5 nitrogen and oxygen atoms in total. The van der Waals surface area contributed by atoms with Gasteiger partial charge in [0.05, 0.1) is 18.0 Å². The lowest BCUT2D eigenvalue weighted by Crippen LogP contribution is -2.46. The molecule has 2 bridgehead atoms. The monoisotopic (exact) mass is 358 g/mol. The molecule has 1 N–H and O–H groups in total. The van der Waals surface area contributed by atoms with Gasteiger partial charge in [-0.15, -0.1) is 0 Å². The Hall–Kier alpha value is -1.93. The van der Waals surface area contributed by atoms with Gasteiger partial charge < -0.3 is 15.1 Å². The molecule has 0 aromatic heterocycles. The van der Waals surface area contributed by atoms with E-state index in [0.29, 0.717) is 6.04 Å². The Kier molecular flexibility index (Phi) is 4.24. The molecular formula is C19H23ClN4O. The van der Waals surface area contributed by atoms with Crippen molar-refractivity contribution in [2.45, 2.75) is 50.7 Å². The average Bonchev–Trinajstić information content (AvgIpc) is 3.30. The average molecular weight is 359 g/mol. The SMILES string of the molecule is Cc1ccc(Cl)cc1N1CC[C@H](C(=O)N[C@@H]2C[C@@H]3CC[C@H]2N3C#N)C1. The second-order valence-electron chi connectivity index (χ2n) is 7.52. The number of nitrogens with one attached hydrogen (secondary N) is 1. The molecule has 6 heteroatoms. The molecule has 1 amide bonds. The van der Waals surface area contributed by atoms with E-state index in [9.17, 15) is 10.1 Å². The van der Waals surface area contributed by atoms with Crippen LogP contribution in [0.5, 0.6) is 0 Å². The Morgan fingerprint density at radius 3 is 2.96 bits per heavy atom. The van der Waals surface area contributed by atoms with Gasteiger partial charge in [0.2, 0.25) is 5.91 Å². The van der Waals surface area contributed by atoms with E-state index in [2.05, 4.69) is 23.3 Å². The first kappa shape index (κ1) is 16.5. The van der Waals surface area contributed by atoms with Crippen molar-refractivity contribution in [1.29, 1.82) is 5.26 Å². The van der Waals surface area contributed by atoms with E-state index in [1.807, 2.05) is 23.1 Å². The van der Waals surface area contributed by atoms with Crippen LogP contribution in [0.25, 0.3) is 0 Å². The molecular weight excluding hydrogens is 336 g/mol. The molecule has 1 aromatic rings. The topological polar surface area (TPSA) is 59.4 Å². The van der Waals surface area contributed by atoms with Gasteiger partial charge in [0.25, 0.3) is 0 Å². The first-order valence-corrected chi connectivity index (χ1v) is 9.44. The summed E-state index contributed by atoms with van der Waals surface area (Å²) in [6, 6.07) is 6.57. The largest absolute Gasteiger partial charge is 0.370 e. The zero-order valence-electron chi connectivity index (χ0n) is 14.4. The van der Waals surface area contributed by atoms with Gasteiger partial charge in [-0.05, 0) is 50.3 Å². The van der Waals surface area contributed by atoms with Gasteiger partial charge in [0, 0.05) is 29.8 Å². The molecule has 4 rings (SSSR count). The molecule has 3 fully saturated rings. The van der Waals surface area contributed by atoms with Crippen LogP contribution in [0.3, 0.4) is 0 Å². The van der Waals surface area contributed by atoms with E-state index in [1.165, 1.54) is 5.56 Å². The maximum absolute atomic E-state index is 12.7. The van der Waals surface area contributed by atoms with Crippen molar-refractivity contribution in [2.24, 2.45) is 5.92 Å². The van der Waals surface area contributed by atoms with Crippen molar-refractivity contribution in [3.8, 4) is 6.19 Å². The molecule has 3 aliphatic heterocycles. The fourth-order valence-electron chi connectivity index (χ4n) is 4.72. The summed E-state index contributed by atoms with van der Waals surface area (Å²) in [5.41, 5.74) is 2.31. The van der Waals surface area contributed by atoms with Crippen molar-refractivity contribution in [2.75, 3.05) is 18.0 Å². The van der Waals surface area contributed by atoms with Gasteiger partial charge in [0.1, 0.15) is 0 Å².